The van der Waals surface area contributed by atoms with Crippen molar-refractivity contribution >= 4 is 21.7 Å². The van der Waals surface area contributed by atoms with Crippen LogP contribution in [0.5, 0.6) is 0 Å². The number of carbonyl (C=O) groups is 1. The highest BCUT2D eigenvalue weighted by Crippen LogP contribution is 2.46. The molecule has 7 nitrogen and oxygen atoms in total. The highest BCUT2D eigenvalue weighted by molar-refractivity contribution is 7.90. The van der Waals surface area contributed by atoms with Gasteiger partial charge in [0.25, 0.3) is 0 Å². The molecular weight excluding hydrogens is 328 g/mol. The number of likely N-dealkylation sites (tertiary alicyclic amines) is 1. The number of aliphatic imine (C=N–C) groups is 1. The Balaban J connectivity index is 1.91. The quantitative estimate of drug-likeness (QED) is 0.507. The molecule has 0 spiro atoms. The highest BCUT2D eigenvalue weighted by atomic mass is 32.2. The standard InChI is InChI=1S/C16H30N4O3S/c1-4-14(21)20-9-6-13(10-20)19-15(17-5-2)18-11-16(7-8-16)12-24(3,22)23/h13H,4-12H2,1-3H3,(H2,17,18,19). The zero-order valence-corrected chi connectivity index (χ0v) is 15.8. The number of carbonyl (C=O) groups excluding carboxylic acids is 1. The Bertz CT molecular complexity index is 584. The first-order valence-corrected chi connectivity index (χ1v) is 10.8. The monoisotopic (exact) mass is 358 g/mol. The molecule has 0 aromatic carbocycles. The smallest absolute Gasteiger partial charge is 0.222 e. The van der Waals surface area contributed by atoms with E-state index in [9.17, 15) is 13.2 Å². The summed E-state index contributed by atoms with van der Waals surface area (Å²) in [5, 5.41) is 6.60. The van der Waals surface area contributed by atoms with E-state index in [0.29, 0.717) is 25.5 Å². The summed E-state index contributed by atoms with van der Waals surface area (Å²) < 4.78 is 23.1. The number of rotatable bonds is 7. The van der Waals surface area contributed by atoms with E-state index in [0.717, 1.165) is 32.4 Å². The maximum absolute atomic E-state index is 11.8. The molecule has 1 atom stereocenters. The van der Waals surface area contributed by atoms with E-state index < -0.39 is 9.84 Å². The Labute approximate surface area is 145 Å². The van der Waals surface area contributed by atoms with Gasteiger partial charge in [0.2, 0.25) is 5.91 Å². The van der Waals surface area contributed by atoms with E-state index in [4.69, 9.17) is 0 Å². The fourth-order valence-corrected chi connectivity index (χ4v) is 4.66. The topological polar surface area (TPSA) is 90.9 Å². The van der Waals surface area contributed by atoms with Crippen molar-refractivity contribution in [2.75, 3.05) is 38.2 Å². The number of hydrogen-bond donors (Lipinski definition) is 2. The maximum atomic E-state index is 11.8. The molecule has 2 rings (SSSR count). The molecule has 8 heteroatoms. The van der Waals surface area contributed by atoms with Gasteiger partial charge in [0.1, 0.15) is 9.84 Å². The molecule has 1 aliphatic carbocycles. The van der Waals surface area contributed by atoms with Gasteiger partial charge >= 0.3 is 0 Å². The van der Waals surface area contributed by atoms with Gasteiger partial charge in [-0.1, -0.05) is 6.92 Å². The Morgan fingerprint density at radius 1 is 1.33 bits per heavy atom. The van der Waals surface area contributed by atoms with Gasteiger partial charge in [-0.05, 0) is 26.2 Å². The molecule has 1 saturated carbocycles. The lowest BCUT2D eigenvalue weighted by molar-refractivity contribution is -0.129. The highest BCUT2D eigenvalue weighted by Gasteiger charge is 2.45. The zero-order valence-electron chi connectivity index (χ0n) is 15.0. The van der Waals surface area contributed by atoms with Crippen molar-refractivity contribution in [3.8, 4) is 0 Å². The number of hydrogen-bond acceptors (Lipinski definition) is 4. The van der Waals surface area contributed by atoms with Crippen LogP contribution in [0.2, 0.25) is 0 Å². The largest absolute Gasteiger partial charge is 0.357 e. The molecular formula is C16H30N4O3S. The third kappa shape index (κ3) is 5.65. The van der Waals surface area contributed by atoms with E-state index in [1.54, 1.807) is 0 Å². The Morgan fingerprint density at radius 3 is 2.58 bits per heavy atom. The molecule has 2 aliphatic rings. The first-order chi connectivity index (χ1) is 11.3. The SMILES string of the molecule is CCNC(=NCC1(CS(C)(=O)=O)CC1)NC1CCN(C(=O)CC)C1. The molecule has 1 unspecified atom stereocenters. The van der Waals surface area contributed by atoms with Crippen molar-refractivity contribution in [3.05, 3.63) is 0 Å². The molecule has 0 radical (unpaired) electrons. The fraction of sp³-hybridized carbons (Fsp3) is 0.875. The van der Waals surface area contributed by atoms with Crippen molar-refractivity contribution < 1.29 is 13.2 Å². The number of amides is 1. The second kappa shape index (κ2) is 7.72. The summed E-state index contributed by atoms with van der Waals surface area (Å²) in [4.78, 5) is 18.3. The maximum Gasteiger partial charge on any atom is 0.222 e. The van der Waals surface area contributed by atoms with E-state index in [1.165, 1.54) is 6.26 Å². The summed E-state index contributed by atoms with van der Waals surface area (Å²) in [6.45, 7) is 6.63. The predicted octanol–water partition coefficient (Wildman–Crippen LogP) is 0.377. The lowest BCUT2D eigenvalue weighted by atomic mass is 10.1. The van der Waals surface area contributed by atoms with Crippen LogP contribution in [0.4, 0.5) is 0 Å². The van der Waals surface area contributed by atoms with Crippen LogP contribution in [0.25, 0.3) is 0 Å². The third-order valence-electron chi connectivity index (χ3n) is 4.63. The van der Waals surface area contributed by atoms with Gasteiger partial charge in [0, 0.05) is 50.3 Å². The van der Waals surface area contributed by atoms with Crippen molar-refractivity contribution in [1.82, 2.24) is 15.5 Å². The van der Waals surface area contributed by atoms with Crippen LogP contribution in [0.3, 0.4) is 0 Å². The van der Waals surface area contributed by atoms with Crippen molar-refractivity contribution in [3.63, 3.8) is 0 Å². The summed E-state index contributed by atoms with van der Waals surface area (Å²) in [6.07, 6.45) is 4.58. The summed E-state index contributed by atoms with van der Waals surface area (Å²) in [5.74, 6) is 1.12. The van der Waals surface area contributed by atoms with Gasteiger partial charge < -0.3 is 15.5 Å². The average molecular weight is 359 g/mol. The molecule has 24 heavy (non-hydrogen) atoms. The van der Waals surface area contributed by atoms with Crippen LogP contribution in [-0.4, -0.2) is 69.4 Å². The van der Waals surface area contributed by atoms with Crippen molar-refractivity contribution in [2.24, 2.45) is 10.4 Å². The summed E-state index contributed by atoms with van der Waals surface area (Å²) in [7, 11) is -2.98. The Kier molecular flexibility index (Phi) is 6.11. The van der Waals surface area contributed by atoms with E-state index in [-0.39, 0.29) is 23.1 Å². The number of sulfone groups is 1. The van der Waals surface area contributed by atoms with Gasteiger partial charge in [-0.2, -0.15) is 0 Å². The third-order valence-corrected chi connectivity index (χ3v) is 5.76. The minimum atomic E-state index is -2.98. The van der Waals surface area contributed by atoms with Gasteiger partial charge in [0.15, 0.2) is 5.96 Å². The van der Waals surface area contributed by atoms with Crippen molar-refractivity contribution in [1.29, 1.82) is 0 Å². The lowest BCUT2D eigenvalue weighted by Crippen LogP contribution is -2.45. The van der Waals surface area contributed by atoms with Crippen LogP contribution >= 0.6 is 0 Å². The molecule has 1 aliphatic heterocycles. The van der Waals surface area contributed by atoms with Gasteiger partial charge in [-0.3, -0.25) is 9.79 Å². The minimum absolute atomic E-state index is 0.171. The molecule has 2 N–H and O–H groups in total. The molecule has 0 aromatic heterocycles. The summed E-state index contributed by atoms with van der Waals surface area (Å²) >= 11 is 0. The Morgan fingerprint density at radius 2 is 2.04 bits per heavy atom. The molecule has 2 fully saturated rings. The molecule has 138 valence electrons. The van der Waals surface area contributed by atoms with Gasteiger partial charge in [-0.25, -0.2) is 8.42 Å². The van der Waals surface area contributed by atoms with Crippen LogP contribution in [0.15, 0.2) is 4.99 Å². The van der Waals surface area contributed by atoms with Crippen molar-refractivity contribution in [2.45, 2.75) is 45.6 Å². The molecule has 1 heterocycles. The number of nitrogens with zero attached hydrogens (tertiary/aromatic N) is 2. The average Bonchev–Trinajstić information content (AvgIpc) is 3.08. The van der Waals surface area contributed by atoms with E-state index >= 15 is 0 Å². The summed E-state index contributed by atoms with van der Waals surface area (Å²) in [5.41, 5.74) is -0.171. The lowest BCUT2D eigenvalue weighted by Gasteiger charge is -2.19. The van der Waals surface area contributed by atoms with Crippen LogP contribution < -0.4 is 10.6 Å². The molecule has 1 amide bonds. The molecule has 0 bridgehead atoms. The first-order valence-electron chi connectivity index (χ1n) is 8.77. The summed E-state index contributed by atoms with van der Waals surface area (Å²) in [6, 6.07) is 0.198. The Hall–Kier alpha value is -1.31. The second-order valence-corrected chi connectivity index (χ2v) is 9.23. The number of nitrogens with one attached hydrogen (secondary N) is 2. The predicted molar refractivity (Wildman–Crippen MR) is 95.8 cm³/mol. The normalized spacial score (nSPS) is 23.2. The minimum Gasteiger partial charge on any atom is -0.357 e. The first kappa shape index (κ1) is 19.0. The van der Waals surface area contributed by atoms with E-state index in [2.05, 4.69) is 15.6 Å². The zero-order chi connectivity index (χ0) is 17.8. The van der Waals surface area contributed by atoms with E-state index in [1.807, 2.05) is 18.7 Å². The molecule has 0 aromatic rings. The van der Waals surface area contributed by atoms with Gasteiger partial charge in [-0.15, -0.1) is 0 Å². The van der Waals surface area contributed by atoms with Gasteiger partial charge in [0.05, 0.1) is 5.75 Å². The van der Waals surface area contributed by atoms with Crippen LogP contribution in [0, 0.1) is 5.41 Å². The number of guanidine groups is 1. The fourth-order valence-electron chi connectivity index (χ4n) is 3.17. The van der Waals surface area contributed by atoms with Crippen LogP contribution in [-0.2, 0) is 14.6 Å². The second-order valence-electron chi connectivity index (χ2n) is 7.09. The van der Waals surface area contributed by atoms with Crippen LogP contribution in [0.1, 0.15) is 39.5 Å². The molecule has 1 saturated heterocycles.